The molecule has 2 heterocycles. The summed E-state index contributed by atoms with van der Waals surface area (Å²) >= 11 is 1.46. The summed E-state index contributed by atoms with van der Waals surface area (Å²) in [6.07, 6.45) is 1.82. The van der Waals surface area contributed by atoms with E-state index in [1.165, 1.54) is 17.8 Å². The minimum Gasteiger partial charge on any atom is -0.298 e. The molecule has 0 N–H and O–H groups in total. The van der Waals surface area contributed by atoms with Crippen LogP contribution in [0.25, 0.3) is 33.5 Å². The predicted molar refractivity (Wildman–Crippen MR) is 132 cm³/mol. The summed E-state index contributed by atoms with van der Waals surface area (Å²) in [5.41, 5.74) is 4.39. The Hall–Kier alpha value is -3.77. The van der Waals surface area contributed by atoms with E-state index >= 15 is 0 Å². The Kier molecular flexibility index (Phi) is 6.00. The number of benzene rings is 3. The molecule has 0 saturated heterocycles. The van der Waals surface area contributed by atoms with Crippen molar-refractivity contribution in [3.63, 3.8) is 0 Å². The van der Waals surface area contributed by atoms with E-state index in [1.54, 1.807) is 12.1 Å². The van der Waals surface area contributed by atoms with Gasteiger partial charge in [-0.2, -0.15) is 0 Å². The number of halogens is 1. The molecule has 0 amide bonds. The van der Waals surface area contributed by atoms with Crippen LogP contribution in [0.15, 0.2) is 103 Å². The van der Waals surface area contributed by atoms with Gasteiger partial charge in [-0.15, -0.1) is 16.8 Å². The molecule has 0 unspecified atom stereocenters. The number of hydrogen-bond acceptors (Lipinski definition) is 4. The fourth-order valence-corrected chi connectivity index (χ4v) is 4.70. The number of para-hydroxylation sites is 1. The van der Waals surface area contributed by atoms with E-state index in [2.05, 4.69) is 22.8 Å². The largest absolute Gasteiger partial charge is 0.298 e. The van der Waals surface area contributed by atoms with Gasteiger partial charge in [0, 0.05) is 28.8 Å². The highest BCUT2D eigenvalue weighted by molar-refractivity contribution is 7.98. The molecule has 0 spiro atoms. The normalized spacial score (nSPS) is 11.1. The Balaban J connectivity index is 1.61. The predicted octanol–water partition coefficient (Wildman–Crippen LogP) is 6.78. The molecule has 162 valence electrons. The third-order valence-corrected chi connectivity index (χ3v) is 6.39. The van der Waals surface area contributed by atoms with Crippen LogP contribution in [-0.4, -0.2) is 19.7 Å². The van der Waals surface area contributed by atoms with Gasteiger partial charge in [0.1, 0.15) is 5.82 Å². The van der Waals surface area contributed by atoms with E-state index in [0.717, 1.165) is 38.7 Å². The van der Waals surface area contributed by atoms with Crippen LogP contribution in [0, 0.1) is 5.82 Å². The fourth-order valence-electron chi connectivity index (χ4n) is 3.76. The van der Waals surface area contributed by atoms with Gasteiger partial charge in [0.05, 0.1) is 11.2 Å². The molecule has 0 aliphatic carbocycles. The molecule has 4 nitrogen and oxygen atoms in total. The van der Waals surface area contributed by atoms with Crippen LogP contribution in [0.2, 0.25) is 0 Å². The lowest BCUT2D eigenvalue weighted by Gasteiger charge is -2.12. The minimum atomic E-state index is -0.215. The van der Waals surface area contributed by atoms with Gasteiger partial charge >= 0.3 is 0 Å². The van der Waals surface area contributed by atoms with Crippen LogP contribution in [0.1, 0.15) is 5.56 Å². The monoisotopic (exact) mass is 452 g/mol. The molecular weight excluding hydrogens is 431 g/mol. The number of fused-ring (bicyclic) bond motifs is 1. The van der Waals surface area contributed by atoms with Gasteiger partial charge in [0.2, 0.25) is 0 Å². The lowest BCUT2D eigenvalue weighted by molar-refractivity contribution is 0.617. The molecule has 5 aromatic rings. The summed E-state index contributed by atoms with van der Waals surface area (Å²) in [4.78, 5) is 4.88. The third-order valence-electron chi connectivity index (χ3n) is 5.37. The average Bonchev–Trinajstić information content (AvgIpc) is 3.26. The Labute approximate surface area is 195 Å². The molecule has 3 aromatic carbocycles. The standard InChI is InChI=1S/C27H21FN4S/c1-2-16-32-26(30-31-27(32)33-18-20-12-6-8-14-23(20)28)22-17-25(19-10-4-3-5-11-19)29-24-15-9-7-13-21(22)24/h2-15,17H,1,16,18H2. The van der Waals surface area contributed by atoms with Crippen LogP contribution in [-0.2, 0) is 12.3 Å². The van der Waals surface area contributed by atoms with Gasteiger partial charge in [0.15, 0.2) is 11.0 Å². The van der Waals surface area contributed by atoms with Crippen molar-refractivity contribution < 1.29 is 4.39 Å². The number of rotatable bonds is 7. The van der Waals surface area contributed by atoms with Crippen LogP contribution in [0.4, 0.5) is 4.39 Å². The van der Waals surface area contributed by atoms with Crippen molar-refractivity contribution in [2.75, 3.05) is 0 Å². The maximum absolute atomic E-state index is 14.1. The number of hydrogen-bond donors (Lipinski definition) is 0. The Morgan fingerprint density at radius 2 is 1.67 bits per heavy atom. The first kappa shape index (κ1) is 21.1. The van der Waals surface area contributed by atoms with Crippen molar-refractivity contribution in [1.82, 2.24) is 19.7 Å². The molecule has 2 aromatic heterocycles. The number of aromatic nitrogens is 4. The van der Waals surface area contributed by atoms with E-state index < -0.39 is 0 Å². The number of allylic oxidation sites excluding steroid dienone is 1. The number of thioether (sulfide) groups is 1. The summed E-state index contributed by atoms with van der Waals surface area (Å²) in [6, 6.07) is 27.0. The van der Waals surface area contributed by atoms with Crippen molar-refractivity contribution in [2.24, 2.45) is 0 Å². The fraction of sp³-hybridized carbons (Fsp3) is 0.0741. The van der Waals surface area contributed by atoms with E-state index in [9.17, 15) is 4.39 Å². The second-order valence-electron chi connectivity index (χ2n) is 7.52. The molecule has 0 atom stereocenters. The summed E-state index contributed by atoms with van der Waals surface area (Å²) in [5.74, 6) is 0.989. The van der Waals surface area contributed by atoms with E-state index in [1.807, 2.05) is 71.3 Å². The number of pyridine rings is 1. The Morgan fingerprint density at radius 1 is 0.909 bits per heavy atom. The summed E-state index contributed by atoms with van der Waals surface area (Å²) in [5, 5.41) is 10.7. The highest BCUT2D eigenvalue weighted by Gasteiger charge is 2.18. The highest BCUT2D eigenvalue weighted by atomic mass is 32.2. The molecule has 33 heavy (non-hydrogen) atoms. The minimum absolute atomic E-state index is 0.215. The quantitative estimate of drug-likeness (QED) is 0.202. The smallest absolute Gasteiger partial charge is 0.192 e. The van der Waals surface area contributed by atoms with Crippen LogP contribution < -0.4 is 0 Å². The van der Waals surface area contributed by atoms with Gasteiger partial charge in [-0.1, -0.05) is 84.6 Å². The zero-order valence-corrected chi connectivity index (χ0v) is 18.7. The number of nitrogens with zero attached hydrogens (tertiary/aromatic N) is 4. The molecular formula is C27H21FN4S. The van der Waals surface area contributed by atoms with E-state index in [-0.39, 0.29) is 5.82 Å². The van der Waals surface area contributed by atoms with E-state index in [4.69, 9.17) is 4.98 Å². The molecule has 0 radical (unpaired) electrons. The van der Waals surface area contributed by atoms with Crippen molar-refractivity contribution in [3.05, 3.63) is 109 Å². The molecule has 0 saturated carbocycles. The average molecular weight is 453 g/mol. The summed E-state index contributed by atoms with van der Waals surface area (Å²) in [6.45, 7) is 4.45. The van der Waals surface area contributed by atoms with Gasteiger partial charge < -0.3 is 0 Å². The Bertz CT molecular complexity index is 1430. The van der Waals surface area contributed by atoms with Crippen molar-refractivity contribution >= 4 is 22.7 Å². The Morgan fingerprint density at radius 3 is 2.48 bits per heavy atom. The first-order valence-corrected chi connectivity index (χ1v) is 11.6. The van der Waals surface area contributed by atoms with Crippen LogP contribution in [0.3, 0.4) is 0 Å². The van der Waals surface area contributed by atoms with Crippen molar-refractivity contribution in [2.45, 2.75) is 17.5 Å². The molecule has 0 fully saturated rings. The lowest BCUT2D eigenvalue weighted by atomic mass is 10.0. The van der Waals surface area contributed by atoms with Gasteiger partial charge in [0.25, 0.3) is 0 Å². The zero-order chi connectivity index (χ0) is 22.6. The van der Waals surface area contributed by atoms with Gasteiger partial charge in [-0.3, -0.25) is 4.57 Å². The molecule has 0 bridgehead atoms. The maximum atomic E-state index is 14.1. The topological polar surface area (TPSA) is 43.6 Å². The molecule has 0 aliphatic rings. The lowest BCUT2D eigenvalue weighted by Crippen LogP contribution is -2.02. The van der Waals surface area contributed by atoms with Crippen molar-refractivity contribution in [1.29, 1.82) is 0 Å². The maximum Gasteiger partial charge on any atom is 0.192 e. The molecule has 5 rings (SSSR count). The van der Waals surface area contributed by atoms with Crippen LogP contribution in [0.5, 0.6) is 0 Å². The van der Waals surface area contributed by atoms with Crippen LogP contribution >= 0.6 is 11.8 Å². The zero-order valence-electron chi connectivity index (χ0n) is 17.9. The summed E-state index contributed by atoms with van der Waals surface area (Å²) < 4.78 is 16.1. The first-order chi connectivity index (χ1) is 16.2. The second-order valence-corrected chi connectivity index (χ2v) is 8.47. The molecule has 6 heteroatoms. The summed E-state index contributed by atoms with van der Waals surface area (Å²) in [7, 11) is 0. The van der Waals surface area contributed by atoms with Gasteiger partial charge in [-0.05, 0) is 23.8 Å². The second kappa shape index (κ2) is 9.38. The van der Waals surface area contributed by atoms with E-state index in [0.29, 0.717) is 17.9 Å². The SMILES string of the molecule is C=CCn1c(SCc2ccccc2F)nnc1-c1cc(-c2ccccc2)nc2ccccc12. The van der Waals surface area contributed by atoms with Gasteiger partial charge in [-0.25, -0.2) is 9.37 Å². The third kappa shape index (κ3) is 4.30. The highest BCUT2D eigenvalue weighted by Crippen LogP contribution is 2.33. The first-order valence-electron chi connectivity index (χ1n) is 10.6. The molecule has 0 aliphatic heterocycles. The van der Waals surface area contributed by atoms with Crippen molar-refractivity contribution in [3.8, 4) is 22.6 Å².